The molecule has 3 rings (SSSR count). The van der Waals surface area contributed by atoms with Gasteiger partial charge in [0, 0.05) is 23.4 Å². The lowest BCUT2D eigenvalue weighted by Gasteiger charge is -2.13. The first kappa shape index (κ1) is 16.0. The third-order valence-corrected chi connectivity index (χ3v) is 4.04. The van der Waals surface area contributed by atoms with Crippen LogP contribution in [0, 0.1) is 10.1 Å². The summed E-state index contributed by atoms with van der Waals surface area (Å²) < 4.78 is 5.87. The number of carbonyl (C=O) groups is 1. The highest BCUT2D eigenvalue weighted by Gasteiger charge is 2.16. The van der Waals surface area contributed by atoms with Crippen molar-refractivity contribution in [1.29, 1.82) is 0 Å². The van der Waals surface area contributed by atoms with Crippen LogP contribution in [0.1, 0.15) is 36.0 Å². The first-order valence-electron chi connectivity index (χ1n) is 7.94. The fourth-order valence-electron chi connectivity index (χ4n) is 2.78. The van der Waals surface area contributed by atoms with Crippen LogP contribution in [0.5, 0.6) is 5.75 Å². The van der Waals surface area contributed by atoms with Gasteiger partial charge < -0.3 is 10.1 Å². The van der Waals surface area contributed by atoms with E-state index in [1.54, 1.807) is 18.2 Å². The van der Waals surface area contributed by atoms with E-state index in [0.29, 0.717) is 5.69 Å². The van der Waals surface area contributed by atoms with Gasteiger partial charge in [-0.2, -0.15) is 0 Å². The Morgan fingerprint density at radius 3 is 2.50 bits per heavy atom. The molecule has 6 heteroatoms. The Kier molecular flexibility index (Phi) is 4.74. The molecule has 2 aromatic carbocycles. The van der Waals surface area contributed by atoms with Crippen LogP contribution in [0.25, 0.3) is 0 Å². The minimum absolute atomic E-state index is 0.108. The molecule has 1 N–H and O–H groups in total. The summed E-state index contributed by atoms with van der Waals surface area (Å²) in [5, 5.41) is 13.5. The molecule has 1 amide bonds. The van der Waals surface area contributed by atoms with Gasteiger partial charge in [0.2, 0.25) is 0 Å². The molecule has 1 aliphatic rings. The molecule has 1 aliphatic carbocycles. The topological polar surface area (TPSA) is 81.5 Å². The number of nitro benzene ring substituents is 1. The van der Waals surface area contributed by atoms with Crippen molar-refractivity contribution in [3.8, 4) is 5.75 Å². The Bertz CT molecular complexity index is 737. The summed E-state index contributed by atoms with van der Waals surface area (Å²) in [5.74, 6) is 0.401. The number of anilines is 1. The van der Waals surface area contributed by atoms with Gasteiger partial charge in [0.1, 0.15) is 5.75 Å². The maximum Gasteiger partial charge on any atom is 0.270 e. The number of nitrogens with one attached hydrogen (secondary N) is 1. The van der Waals surface area contributed by atoms with E-state index in [-0.39, 0.29) is 23.3 Å². The molecule has 0 radical (unpaired) electrons. The Labute approximate surface area is 139 Å². The summed E-state index contributed by atoms with van der Waals surface area (Å²) in [7, 11) is 0. The zero-order valence-electron chi connectivity index (χ0n) is 13.1. The van der Waals surface area contributed by atoms with Crippen LogP contribution in [0.4, 0.5) is 11.4 Å². The molecule has 0 bridgehead atoms. The number of hydrogen-bond acceptors (Lipinski definition) is 4. The smallest absolute Gasteiger partial charge is 0.270 e. The number of non-ortho nitro benzene ring substituents is 1. The Balaban J connectivity index is 1.63. The highest BCUT2D eigenvalue weighted by molar-refractivity contribution is 6.04. The van der Waals surface area contributed by atoms with E-state index in [2.05, 4.69) is 5.32 Å². The maximum atomic E-state index is 12.2. The average molecular weight is 326 g/mol. The Hall–Kier alpha value is -2.89. The third-order valence-electron chi connectivity index (χ3n) is 4.04. The van der Waals surface area contributed by atoms with E-state index < -0.39 is 4.92 Å². The molecule has 6 nitrogen and oxygen atoms in total. The second kappa shape index (κ2) is 7.12. The molecular formula is C18H18N2O4. The first-order chi connectivity index (χ1) is 11.6. The fraction of sp³-hybridized carbons (Fsp3) is 0.278. The van der Waals surface area contributed by atoms with Crippen molar-refractivity contribution < 1.29 is 14.5 Å². The lowest BCUT2D eigenvalue weighted by Crippen LogP contribution is -2.13. The molecule has 0 spiro atoms. The van der Waals surface area contributed by atoms with Crippen LogP contribution in [0.15, 0.2) is 48.5 Å². The van der Waals surface area contributed by atoms with E-state index >= 15 is 0 Å². The van der Waals surface area contributed by atoms with Crippen LogP contribution in [0.2, 0.25) is 0 Å². The lowest BCUT2D eigenvalue weighted by atomic mass is 10.2. The molecule has 0 aliphatic heterocycles. The number of amides is 1. The summed E-state index contributed by atoms with van der Waals surface area (Å²) in [4.78, 5) is 22.4. The predicted octanol–water partition coefficient (Wildman–Crippen LogP) is 4.17. The third kappa shape index (κ3) is 3.90. The molecule has 0 saturated heterocycles. The maximum absolute atomic E-state index is 12.2. The number of carbonyl (C=O) groups excluding carboxylic acids is 1. The largest absolute Gasteiger partial charge is 0.490 e. The molecule has 0 aromatic heterocycles. The van der Waals surface area contributed by atoms with Crippen molar-refractivity contribution >= 4 is 17.3 Å². The van der Waals surface area contributed by atoms with Gasteiger partial charge in [-0.25, -0.2) is 0 Å². The summed E-state index contributed by atoms with van der Waals surface area (Å²) in [5.41, 5.74) is 0.753. The highest BCUT2D eigenvalue weighted by atomic mass is 16.6. The molecule has 1 saturated carbocycles. The van der Waals surface area contributed by atoms with Gasteiger partial charge in [0.25, 0.3) is 11.6 Å². The highest BCUT2D eigenvalue weighted by Crippen LogP contribution is 2.25. The summed E-state index contributed by atoms with van der Waals surface area (Å²) in [6.07, 6.45) is 4.89. The van der Waals surface area contributed by atoms with Crippen molar-refractivity contribution in [1.82, 2.24) is 0 Å². The minimum Gasteiger partial charge on any atom is -0.490 e. The van der Waals surface area contributed by atoms with Crippen LogP contribution < -0.4 is 10.1 Å². The predicted molar refractivity (Wildman–Crippen MR) is 90.4 cm³/mol. The van der Waals surface area contributed by atoms with Crippen molar-refractivity contribution in [2.75, 3.05) is 5.32 Å². The van der Waals surface area contributed by atoms with Crippen molar-refractivity contribution in [2.45, 2.75) is 31.8 Å². The quantitative estimate of drug-likeness (QED) is 0.660. The fourth-order valence-corrected chi connectivity index (χ4v) is 2.78. The van der Waals surface area contributed by atoms with E-state index in [9.17, 15) is 14.9 Å². The first-order valence-corrected chi connectivity index (χ1v) is 7.94. The van der Waals surface area contributed by atoms with Gasteiger partial charge in [-0.1, -0.05) is 6.07 Å². The van der Waals surface area contributed by atoms with Crippen molar-refractivity contribution in [2.24, 2.45) is 0 Å². The second-order valence-electron chi connectivity index (χ2n) is 5.81. The molecule has 2 aromatic rings. The second-order valence-corrected chi connectivity index (χ2v) is 5.81. The Morgan fingerprint density at radius 2 is 1.83 bits per heavy atom. The van der Waals surface area contributed by atoms with E-state index in [1.807, 2.05) is 12.1 Å². The van der Waals surface area contributed by atoms with Gasteiger partial charge in [0.05, 0.1) is 11.0 Å². The molecule has 1 fully saturated rings. The van der Waals surface area contributed by atoms with Gasteiger partial charge in [-0.05, 0) is 56.0 Å². The van der Waals surface area contributed by atoms with Crippen LogP contribution in [-0.2, 0) is 0 Å². The van der Waals surface area contributed by atoms with Crippen LogP contribution >= 0.6 is 0 Å². The number of nitro groups is 1. The number of ether oxygens (including phenoxy) is 1. The van der Waals surface area contributed by atoms with Crippen molar-refractivity contribution in [3.05, 3.63) is 64.2 Å². The van der Waals surface area contributed by atoms with Crippen LogP contribution in [0.3, 0.4) is 0 Å². The van der Waals surface area contributed by atoms with Gasteiger partial charge in [0.15, 0.2) is 0 Å². The van der Waals surface area contributed by atoms with E-state index in [0.717, 1.165) is 18.6 Å². The minimum atomic E-state index is -0.522. The number of benzene rings is 2. The number of hydrogen-bond donors (Lipinski definition) is 1. The zero-order chi connectivity index (χ0) is 16.9. The number of nitrogens with zero attached hydrogens (tertiary/aromatic N) is 1. The summed E-state index contributed by atoms with van der Waals surface area (Å²) in [6.45, 7) is 0. The van der Waals surface area contributed by atoms with Gasteiger partial charge in [-0.15, -0.1) is 0 Å². The Morgan fingerprint density at radius 1 is 1.12 bits per heavy atom. The monoisotopic (exact) mass is 326 g/mol. The molecule has 0 atom stereocenters. The molecular weight excluding hydrogens is 308 g/mol. The van der Waals surface area contributed by atoms with E-state index in [1.165, 1.54) is 31.0 Å². The molecule has 124 valence electrons. The zero-order valence-corrected chi connectivity index (χ0v) is 13.1. The van der Waals surface area contributed by atoms with Gasteiger partial charge in [-0.3, -0.25) is 14.9 Å². The molecule has 24 heavy (non-hydrogen) atoms. The number of rotatable bonds is 5. The van der Waals surface area contributed by atoms with Gasteiger partial charge >= 0.3 is 0 Å². The molecule has 0 unspecified atom stereocenters. The van der Waals surface area contributed by atoms with Crippen molar-refractivity contribution in [3.63, 3.8) is 0 Å². The summed E-state index contributed by atoms with van der Waals surface area (Å²) in [6, 6.07) is 12.8. The van der Waals surface area contributed by atoms with Crippen LogP contribution in [-0.4, -0.2) is 16.9 Å². The normalized spacial score (nSPS) is 14.3. The standard InChI is InChI=1S/C18H18N2O4/c21-18(13-4-3-5-15(12-13)20(22)23)19-14-8-10-17(11-9-14)24-16-6-1-2-7-16/h3-5,8-12,16H,1-2,6-7H2,(H,19,21). The SMILES string of the molecule is O=C(Nc1ccc(OC2CCCC2)cc1)c1cccc([N+](=O)[O-])c1. The average Bonchev–Trinajstić information content (AvgIpc) is 3.10. The summed E-state index contributed by atoms with van der Waals surface area (Å²) >= 11 is 0. The lowest BCUT2D eigenvalue weighted by molar-refractivity contribution is -0.384. The molecule has 0 heterocycles. The van der Waals surface area contributed by atoms with E-state index in [4.69, 9.17) is 4.74 Å².